The highest BCUT2D eigenvalue weighted by Gasteiger charge is 2.27. The highest BCUT2D eigenvalue weighted by Crippen LogP contribution is 2.31. The Labute approximate surface area is 119 Å². The molecule has 0 saturated heterocycles. The van der Waals surface area contributed by atoms with Gasteiger partial charge in [-0.05, 0) is 28.1 Å². The molecule has 0 spiro atoms. The van der Waals surface area contributed by atoms with E-state index < -0.39 is 5.97 Å². The molecule has 1 N–H and O–H groups in total. The number of hydrogen-bond acceptors (Lipinski definition) is 6. The van der Waals surface area contributed by atoms with E-state index in [0.717, 1.165) is 5.56 Å². The Hall–Kier alpha value is -2.41. The zero-order chi connectivity index (χ0) is 14.1. The van der Waals surface area contributed by atoms with E-state index in [0.29, 0.717) is 11.0 Å². The number of tetrazole rings is 1. The van der Waals surface area contributed by atoms with E-state index in [4.69, 9.17) is 16.3 Å². The summed E-state index contributed by atoms with van der Waals surface area (Å²) in [5.74, 6) is -0.130. The number of ether oxygens (including phenoxy) is 1. The minimum Gasteiger partial charge on any atom is -0.464 e. The van der Waals surface area contributed by atoms with Crippen LogP contribution in [0.25, 0.3) is 0 Å². The maximum atomic E-state index is 11.7. The van der Waals surface area contributed by atoms with Crippen LogP contribution in [0.5, 0.6) is 0 Å². The Morgan fingerprint density at radius 1 is 1.45 bits per heavy atom. The van der Waals surface area contributed by atoms with Gasteiger partial charge in [-0.25, -0.2) is 4.79 Å². The van der Waals surface area contributed by atoms with Crippen molar-refractivity contribution in [3.63, 3.8) is 0 Å². The summed E-state index contributed by atoms with van der Waals surface area (Å²) in [6.45, 7) is 0. The van der Waals surface area contributed by atoms with Crippen LogP contribution in [-0.4, -0.2) is 33.3 Å². The number of hydrogen-bond donors (Lipinski definition) is 1. The summed E-state index contributed by atoms with van der Waals surface area (Å²) in [6.07, 6.45) is 1.68. The number of benzene rings is 1. The smallest absolute Gasteiger partial charge is 0.354 e. The first-order valence-corrected chi connectivity index (χ1v) is 6.18. The van der Waals surface area contributed by atoms with Crippen LogP contribution in [0.2, 0.25) is 5.02 Å². The summed E-state index contributed by atoms with van der Waals surface area (Å²) in [4.78, 5) is 11.7. The van der Waals surface area contributed by atoms with Crippen molar-refractivity contribution in [3.8, 4) is 0 Å². The van der Waals surface area contributed by atoms with Gasteiger partial charge >= 0.3 is 5.97 Å². The largest absolute Gasteiger partial charge is 0.464 e. The Morgan fingerprint density at radius 2 is 2.25 bits per heavy atom. The van der Waals surface area contributed by atoms with Crippen LogP contribution in [0.4, 0.5) is 5.95 Å². The number of rotatable bonds is 2. The number of aromatic nitrogens is 4. The van der Waals surface area contributed by atoms with Crippen LogP contribution in [-0.2, 0) is 9.53 Å². The average molecular weight is 292 g/mol. The molecule has 0 radical (unpaired) electrons. The number of fused-ring (bicyclic) bond motifs is 1. The van der Waals surface area contributed by atoms with Gasteiger partial charge in [0.1, 0.15) is 11.7 Å². The minimum atomic E-state index is -0.490. The summed E-state index contributed by atoms with van der Waals surface area (Å²) in [7, 11) is 1.31. The van der Waals surface area contributed by atoms with Crippen molar-refractivity contribution >= 4 is 23.5 Å². The topological polar surface area (TPSA) is 81.9 Å². The first-order chi connectivity index (χ1) is 9.70. The van der Waals surface area contributed by atoms with Crippen LogP contribution in [0.1, 0.15) is 11.6 Å². The molecule has 0 aliphatic carbocycles. The lowest BCUT2D eigenvalue weighted by Crippen LogP contribution is -2.25. The normalized spacial score (nSPS) is 16.9. The molecular weight excluding hydrogens is 282 g/mol. The fourth-order valence-electron chi connectivity index (χ4n) is 2.02. The molecule has 1 aliphatic heterocycles. The lowest BCUT2D eigenvalue weighted by atomic mass is 10.0. The van der Waals surface area contributed by atoms with Gasteiger partial charge in [0.2, 0.25) is 5.95 Å². The SMILES string of the molecule is COC(=O)C1=CC(c2ccccc2Cl)n2nnnc2N1. The summed E-state index contributed by atoms with van der Waals surface area (Å²) < 4.78 is 6.26. The van der Waals surface area contributed by atoms with Crippen LogP contribution >= 0.6 is 11.6 Å². The maximum absolute atomic E-state index is 11.7. The first-order valence-electron chi connectivity index (χ1n) is 5.80. The fourth-order valence-corrected chi connectivity index (χ4v) is 2.27. The van der Waals surface area contributed by atoms with Gasteiger partial charge < -0.3 is 10.1 Å². The van der Waals surface area contributed by atoms with Gasteiger partial charge in [0.15, 0.2) is 0 Å². The van der Waals surface area contributed by atoms with Crippen LogP contribution in [0.3, 0.4) is 0 Å². The summed E-state index contributed by atoms with van der Waals surface area (Å²) in [6, 6.07) is 6.95. The third kappa shape index (κ3) is 2.01. The molecule has 3 rings (SSSR count). The van der Waals surface area contributed by atoms with Crippen LogP contribution < -0.4 is 5.32 Å². The standard InChI is InChI=1S/C12H10ClN5O2/c1-20-11(19)9-6-10(7-4-2-3-5-8(7)13)18-12(14-9)15-16-17-18/h2-6,10H,1H3,(H,14,15,17). The van der Waals surface area contributed by atoms with Crippen molar-refractivity contribution in [3.05, 3.63) is 46.6 Å². The van der Waals surface area contributed by atoms with Gasteiger partial charge in [-0.1, -0.05) is 34.9 Å². The average Bonchev–Trinajstić information content (AvgIpc) is 2.94. The molecule has 0 saturated carbocycles. The van der Waals surface area contributed by atoms with Crippen molar-refractivity contribution in [1.29, 1.82) is 0 Å². The zero-order valence-corrected chi connectivity index (χ0v) is 11.2. The molecule has 20 heavy (non-hydrogen) atoms. The highest BCUT2D eigenvalue weighted by molar-refractivity contribution is 6.31. The van der Waals surface area contributed by atoms with Gasteiger partial charge in [0, 0.05) is 5.02 Å². The number of carbonyl (C=O) groups excluding carboxylic acids is 1. The molecule has 1 aromatic carbocycles. The summed E-state index contributed by atoms with van der Waals surface area (Å²) >= 11 is 6.20. The van der Waals surface area contributed by atoms with E-state index in [2.05, 4.69) is 20.8 Å². The second-order valence-corrected chi connectivity index (χ2v) is 4.52. The Bertz CT molecular complexity index is 697. The summed E-state index contributed by atoms with van der Waals surface area (Å²) in [5, 5.41) is 14.7. The van der Waals surface area contributed by atoms with Gasteiger partial charge in [-0.3, -0.25) is 0 Å². The van der Waals surface area contributed by atoms with Crippen molar-refractivity contribution in [2.75, 3.05) is 12.4 Å². The Morgan fingerprint density at radius 3 is 3.00 bits per heavy atom. The Kier molecular flexibility index (Phi) is 3.11. The van der Waals surface area contributed by atoms with Crippen molar-refractivity contribution in [2.24, 2.45) is 0 Å². The van der Waals surface area contributed by atoms with Gasteiger partial charge in [0.25, 0.3) is 0 Å². The van der Waals surface area contributed by atoms with Crippen molar-refractivity contribution in [2.45, 2.75) is 6.04 Å². The van der Waals surface area contributed by atoms with E-state index in [1.165, 1.54) is 7.11 Å². The molecule has 0 fully saturated rings. The minimum absolute atomic E-state index is 0.278. The molecule has 2 aromatic rings. The molecule has 1 unspecified atom stereocenters. The first kappa shape index (κ1) is 12.6. The molecule has 1 aliphatic rings. The third-order valence-corrected chi connectivity index (χ3v) is 3.30. The number of esters is 1. The number of allylic oxidation sites excluding steroid dienone is 1. The van der Waals surface area contributed by atoms with Gasteiger partial charge in [-0.2, -0.15) is 4.68 Å². The number of anilines is 1. The van der Waals surface area contributed by atoms with Gasteiger partial charge in [0.05, 0.1) is 7.11 Å². The number of nitrogens with zero attached hydrogens (tertiary/aromatic N) is 4. The molecule has 7 nitrogen and oxygen atoms in total. The lowest BCUT2D eigenvalue weighted by Gasteiger charge is -2.22. The van der Waals surface area contributed by atoms with Crippen molar-refractivity contribution in [1.82, 2.24) is 20.2 Å². The summed E-state index contributed by atoms with van der Waals surface area (Å²) in [5.41, 5.74) is 1.07. The molecule has 1 atom stereocenters. The van der Waals surface area contributed by atoms with Crippen LogP contribution in [0.15, 0.2) is 36.0 Å². The molecular formula is C12H10ClN5O2. The quantitative estimate of drug-likeness (QED) is 0.842. The second kappa shape index (κ2) is 4.93. The molecule has 0 amide bonds. The van der Waals surface area contributed by atoms with E-state index in [1.54, 1.807) is 16.8 Å². The lowest BCUT2D eigenvalue weighted by molar-refractivity contribution is -0.136. The number of carbonyl (C=O) groups is 1. The predicted molar refractivity (Wildman–Crippen MR) is 71.1 cm³/mol. The van der Waals surface area contributed by atoms with Gasteiger partial charge in [-0.15, -0.1) is 0 Å². The predicted octanol–water partition coefficient (Wildman–Crippen LogP) is 1.40. The monoisotopic (exact) mass is 291 g/mol. The van der Waals surface area contributed by atoms with E-state index in [-0.39, 0.29) is 11.7 Å². The molecule has 2 heterocycles. The maximum Gasteiger partial charge on any atom is 0.354 e. The third-order valence-electron chi connectivity index (χ3n) is 2.96. The van der Waals surface area contributed by atoms with E-state index in [9.17, 15) is 4.79 Å². The Balaban J connectivity index is 2.11. The fraction of sp³-hybridized carbons (Fsp3) is 0.167. The molecule has 1 aromatic heterocycles. The van der Waals surface area contributed by atoms with E-state index in [1.807, 2.05) is 18.2 Å². The molecule has 102 valence electrons. The second-order valence-electron chi connectivity index (χ2n) is 4.11. The molecule has 0 bridgehead atoms. The number of methoxy groups -OCH3 is 1. The molecule has 8 heteroatoms. The highest BCUT2D eigenvalue weighted by atomic mass is 35.5. The number of nitrogens with one attached hydrogen (secondary N) is 1. The van der Waals surface area contributed by atoms with Crippen molar-refractivity contribution < 1.29 is 9.53 Å². The van der Waals surface area contributed by atoms with Crippen LogP contribution in [0, 0.1) is 0 Å². The number of halogens is 1. The zero-order valence-electron chi connectivity index (χ0n) is 10.4. The van der Waals surface area contributed by atoms with E-state index >= 15 is 0 Å².